The number of nitro groups is 1. The second-order valence-electron chi connectivity index (χ2n) is 4.66. The number of carbonyl (C=O) groups excluding carboxylic acids is 1. The summed E-state index contributed by atoms with van der Waals surface area (Å²) in [6, 6.07) is 5.46. The third-order valence-electron chi connectivity index (χ3n) is 3.03. The van der Waals surface area contributed by atoms with Crippen LogP contribution in [0.1, 0.15) is 10.4 Å². The standard InChI is InChI=1S/C14H11Cl2N3O5/c15-8-1-2-12(11(16)5-8)24-4-3-18-7-9(19(22)23)6-10(13(17)20)14(18)21/h1-2,5-7H,3-4H2,(H2,17,20). The van der Waals surface area contributed by atoms with Crippen molar-refractivity contribution < 1.29 is 14.5 Å². The first-order valence-electron chi connectivity index (χ1n) is 6.56. The number of hydrogen-bond acceptors (Lipinski definition) is 5. The number of benzene rings is 1. The minimum Gasteiger partial charge on any atom is -0.490 e. The number of aromatic nitrogens is 1. The van der Waals surface area contributed by atoms with E-state index in [1.807, 2.05) is 0 Å². The van der Waals surface area contributed by atoms with Gasteiger partial charge in [0.05, 0.1) is 22.7 Å². The van der Waals surface area contributed by atoms with Crippen LogP contribution < -0.4 is 16.0 Å². The second-order valence-corrected chi connectivity index (χ2v) is 5.50. The van der Waals surface area contributed by atoms with E-state index in [9.17, 15) is 19.7 Å². The molecule has 0 aliphatic heterocycles. The van der Waals surface area contributed by atoms with Gasteiger partial charge in [0, 0.05) is 11.1 Å². The van der Waals surface area contributed by atoms with Crippen LogP contribution in [0.2, 0.25) is 10.0 Å². The fraction of sp³-hybridized carbons (Fsp3) is 0.143. The predicted molar refractivity (Wildman–Crippen MR) is 87.8 cm³/mol. The van der Waals surface area contributed by atoms with Crippen LogP contribution in [-0.2, 0) is 6.54 Å². The molecular weight excluding hydrogens is 361 g/mol. The van der Waals surface area contributed by atoms with Gasteiger partial charge < -0.3 is 15.0 Å². The van der Waals surface area contributed by atoms with Gasteiger partial charge in [0.2, 0.25) is 0 Å². The molecule has 1 heterocycles. The molecule has 10 heteroatoms. The molecule has 1 aromatic carbocycles. The average Bonchev–Trinajstić information content (AvgIpc) is 2.50. The van der Waals surface area contributed by atoms with Gasteiger partial charge >= 0.3 is 0 Å². The van der Waals surface area contributed by atoms with Gasteiger partial charge in [-0.05, 0) is 18.2 Å². The molecule has 8 nitrogen and oxygen atoms in total. The predicted octanol–water partition coefficient (Wildman–Crippen LogP) is 2.24. The number of primary amides is 1. The SMILES string of the molecule is NC(=O)c1cc([N+](=O)[O-])cn(CCOc2ccc(Cl)cc2Cl)c1=O. The van der Waals surface area contributed by atoms with Crippen molar-refractivity contribution in [3.8, 4) is 5.75 Å². The lowest BCUT2D eigenvalue weighted by atomic mass is 10.2. The quantitative estimate of drug-likeness (QED) is 0.616. The number of nitrogens with two attached hydrogens (primary N) is 1. The maximum atomic E-state index is 12.1. The van der Waals surface area contributed by atoms with Gasteiger partial charge in [0.1, 0.15) is 17.9 Å². The Labute approximate surface area is 145 Å². The third kappa shape index (κ3) is 4.03. The molecule has 2 rings (SSSR count). The molecule has 2 N–H and O–H groups in total. The maximum Gasteiger partial charge on any atom is 0.286 e. The van der Waals surface area contributed by atoms with E-state index in [0.29, 0.717) is 10.8 Å². The third-order valence-corrected chi connectivity index (χ3v) is 3.56. The van der Waals surface area contributed by atoms with Crippen LogP contribution in [0.5, 0.6) is 5.75 Å². The van der Waals surface area contributed by atoms with Gasteiger partial charge in [-0.1, -0.05) is 23.2 Å². The molecule has 0 radical (unpaired) electrons. The summed E-state index contributed by atoms with van der Waals surface area (Å²) in [6.07, 6.45) is 1.02. The van der Waals surface area contributed by atoms with Gasteiger partial charge in [-0.3, -0.25) is 19.7 Å². The van der Waals surface area contributed by atoms with E-state index in [4.69, 9.17) is 33.7 Å². The van der Waals surface area contributed by atoms with Crippen LogP contribution in [0.4, 0.5) is 5.69 Å². The number of hydrogen-bond donors (Lipinski definition) is 1. The Morgan fingerprint density at radius 1 is 1.33 bits per heavy atom. The lowest BCUT2D eigenvalue weighted by Gasteiger charge is -2.10. The van der Waals surface area contributed by atoms with Crippen molar-refractivity contribution in [3.05, 3.63) is 66.5 Å². The van der Waals surface area contributed by atoms with Crippen molar-refractivity contribution in [2.24, 2.45) is 5.73 Å². The Morgan fingerprint density at radius 3 is 2.62 bits per heavy atom. The average molecular weight is 372 g/mol. The van der Waals surface area contributed by atoms with E-state index in [0.717, 1.165) is 16.8 Å². The Morgan fingerprint density at radius 2 is 2.04 bits per heavy atom. The van der Waals surface area contributed by atoms with Gasteiger partial charge in [0.15, 0.2) is 0 Å². The van der Waals surface area contributed by atoms with Crippen molar-refractivity contribution >= 4 is 34.8 Å². The van der Waals surface area contributed by atoms with Gasteiger partial charge in [-0.25, -0.2) is 0 Å². The zero-order chi connectivity index (χ0) is 17.9. The van der Waals surface area contributed by atoms with Gasteiger partial charge in [0.25, 0.3) is 17.2 Å². The fourth-order valence-corrected chi connectivity index (χ4v) is 2.37. The topological polar surface area (TPSA) is 117 Å². The molecule has 2 aromatic rings. The zero-order valence-corrected chi connectivity index (χ0v) is 13.6. The first kappa shape index (κ1) is 17.8. The molecule has 0 spiro atoms. The van der Waals surface area contributed by atoms with Crippen LogP contribution in [0.25, 0.3) is 0 Å². The minimum atomic E-state index is -1.04. The van der Waals surface area contributed by atoms with Crippen LogP contribution in [-0.4, -0.2) is 22.0 Å². The normalized spacial score (nSPS) is 10.4. The van der Waals surface area contributed by atoms with E-state index in [1.165, 1.54) is 6.07 Å². The highest BCUT2D eigenvalue weighted by atomic mass is 35.5. The summed E-state index contributed by atoms with van der Waals surface area (Å²) in [5.74, 6) is -0.700. The van der Waals surface area contributed by atoms with Crippen molar-refractivity contribution in [1.29, 1.82) is 0 Å². The molecule has 0 fully saturated rings. The molecule has 0 atom stereocenters. The van der Waals surface area contributed by atoms with Crippen molar-refractivity contribution in [1.82, 2.24) is 4.57 Å². The number of ether oxygens (including phenoxy) is 1. The Hall–Kier alpha value is -2.58. The molecule has 0 aliphatic carbocycles. The Bertz CT molecular complexity index is 866. The lowest BCUT2D eigenvalue weighted by Crippen LogP contribution is -2.31. The van der Waals surface area contributed by atoms with E-state index < -0.39 is 27.6 Å². The van der Waals surface area contributed by atoms with Crippen LogP contribution in [0.3, 0.4) is 0 Å². The number of pyridine rings is 1. The highest BCUT2D eigenvalue weighted by Gasteiger charge is 2.17. The Kier molecular flexibility index (Phi) is 5.42. The van der Waals surface area contributed by atoms with Gasteiger partial charge in [-0.2, -0.15) is 0 Å². The van der Waals surface area contributed by atoms with E-state index in [-0.39, 0.29) is 18.2 Å². The molecule has 1 amide bonds. The summed E-state index contributed by atoms with van der Waals surface area (Å²) in [5, 5.41) is 11.6. The Balaban J connectivity index is 2.21. The molecule has 1 aromatic heterocycles. The molecule has 0 unspecified atom stereocenters. The summed E-state index contributed by atoms with van der Waals surface area (Å²) in [4.78, 5) is 33.5. The summed E-state index contributed by atoms with van der Waals surface area (Å²) < 4.78 is 6.40. The maximum absolute atomic E-state index is 12.1. The molecule has 126 valence electrons. The molecule has 0 bridgehead atoms. The number of halogens is 2. The number of amides is 1. The highest BCUT2D eigenvalue weighted by molar-refractivity contribution is 6.35. The monoisotopic (exact) mass is 371 g/mol. The molecule has 0 aliphatic rings. The first-order valence-corrected chi connectivity index (χ1v) is 7.31. The lowest BCUT2D eigenvalue weighted by molar-refractivity contribution is -0.385. The van der Waals surface area contributed by atoms with Crippen LogP contribution in [0.15, 0.2) is 35.3 Å². The summed E-state index contributed by atoms with van der Waals surface area (Å²) in [7, 11) is 0. The highest BCUT2D eigenvalue weighted by Crippen LogP contribution is 2.27. The van der Waals surface area contributed by atoms with E-state index in [2.05, 4.69) is 0 Å². The summed E-state index contributed by atoms with van der Waals surface area (Å²) in [5.41, 5.74) is 3.45. The van der Waals surface area contributed by atoms with Crippen LogP contribution in [0, 0.1) is 10.1 Å². The number of carbonyl (C=O) groups is 1. The van der Waals surface area contributed by atoms with E-state index >= 15 is 0 Å². The van der Waals surface area contributed by atoms with Gasteiger partial charge in [-0.15, -0.1) is 0 Å². The van der Waals surface area contributed by atoms with Crippen molar-refractivity contribution in [2.75, 3.05) is 6.61 Å². The second kappa shape index (κ2) is 7.33. The molecule has 24 heavy (non-hydrogen) atoms. The smallest absolute Gasteiger partial charge is 0.286 e. The molecule has 0 saturated heterocycles. The molecule has 0 saturated carbocycles. The summed E-state index contributed by atoms with van der Waals surface area (Å²) in [6.45, 7) is -0.0552. The van der Waals surface area contributed by atoms with E-state index in [1.54, 1.807) is 12.1 Å². The molecular formula is C14H11Cl2N3O5. The fourth-order valence-electron chi connectivity index (χ4n) is 1.91. The largest absolute Gasteiger partial charge is 0.490 e. The summed E-state index contributed by atoms with van der Waals surface area (Å²) >= 11 is 11.7. The number of rotatable bonds is 6. The van der Waals surface area contributed by atoms with Crippen LogP contribution >= 0.6 is 23.2 Å². The zero-order valence-electron chi connectivity index (χ0n) is 12.1. The minimum absolute atomic E-state index is 0.0133. The van der Waals surface area contributed by atoms with Crippen molar-refractivity contribution in [2.45, 2.75) is 6.54 Å². The number of nitrogens with zero attached hydrogens (tertiary/aromatic N) is 2. The first-order chi connectivity index (χ1) is 11.3. The van der Waals surface area contributed by atoms with Crippen molar-refractivity contribution in [3.63, 3.8) is 0 Å².